The molecule has 2 atom stereocenters. The van der Waals surface area contributed by atoms with Crippen LogP contribution >= 0.6 is 23.2 Å². The van der Waals surface area contributed by atoms with Crippen molar-refractivity contribution in [2.75, 3.05) is 24.7 Å². The Morgan fingerprint density at radius 2 is 2.03 bits per heavy atom. The standard InChI is InChI=1S/C21H25Cl2NO4S/c1-15-3-2-4-20(9-15)28-13-19(25)12-24(18-7-8-29(26,27)14-18)11-16-5-6-17(22)10-21(16)23/h2-6,9-10,18-19,25H,7-8,11-14H2,1H3. The largest absolute Gasteiger partial charge is 0.491 e. The Labute approximate surface area is 182 Å². The Kier molecular flexibility index (Phi) is 7.46. The lowest BCUT2D eigenvalue weighted by atomic mass is 10.1. The van der Waals surface area contributed by atoms with Crippen molar-refractivity contribution in [1.82, 2.24) is 4.90 Å². The highest BCUT2D eigenvalue weighted by atomic mass is 35.5. The second-order valence-corrected chi connectivity index (χ2v) is 10.6. The minimum absolute atomic E-state index is 0.0870. The smallest absolute Gasteiger partial charge is 0.151 e. The molecule has 0 aromatic heterocycles. The molecule has 3 rings (SSSR count). The highest BCUT2D eigenvalue weighted by molar-refractivity contribution is 7.91. The van der Waals surface area contributed by atoms with Gasteiger partial charge in [0.05, 0.1) is 11.5 Å². The predicted molar refractivity (Wildman–Crippen MR) is 117 cm³/mol. The zero-order valence-electron chi connectivity index (χ0n) is 16.2. The maximum atomic E-state index is 12.0. The van der Waals surface area contributed by atoms with Gasteiger partial charge in [-0.3, -0.25) is 4.90 Å². The summed E-state index contributed by atoms with van der Waals surface area (Å²) in [6, 6.07) is 12.7. The number of sulfone groups is 1. The summed E-state index contributed by atoms with van der Waals surface area (Å²) in [5.74, 6) is 0.946. The summed E-state index contributed by atoms with van der Waals surface area (Å²) >= 11 is 12.3. The van der Waals surface area contributed by atoms with Crippen molar-refractivity contribution < 1.29 is 18.3 Å². The number of rotatable bonds is 8. The van der Waals surface area contributed by atoms with Crippen LogP contribution in [-0.2, 0) is 16.4 Å². The minimum Gasteiger partial charge on any atom is -0.491 e. The molecule has 0 amide bonds. The number of halogens is 2. The Bertz CT molecular complexity index is 951. The van der Waals surface area contributed by atoms with Crippen LogP contribution in [0.1, 0.15) is 17.5 Å². The van der Waals surface area contributed by atoms with Gasteiger partial charge >= 0.3 is 0 Å². The molecule has 1 N–H and O–H groups in total. The van der Waals surface area contributed by atoms with Crippen LogP contribution in [0.5, 0.6) is 5.75 Å². The van der Waals surface area contributed by atoms with Gasteiger partial charge in [0.1, 0.15) is 18.5 Å². The van der Waals surface area contributed by atoms with Crippen LogP contribution in [0.4, 0.5) is 0 Å². The van der Waals surface area contributed by atoms with Crippen molar-refractivity contribution in [3.8, 4) is 5.75 Å². The number of ether oxygens (including phenoxy) is 1. The molecule has 1 saturated heterocycles. The Morgan fingerprint density at radius 1 is 1.24 bits per heavy atom. The maximum Gasteiger partial charge on any atom is 0.151 e. The van der Waals surface area contributed by atoms with Crippen LogP contribution in [0.25, 0.3) is 0 Å². The molecule has 158 valence electrons. The number of hydrogen-bond acceptors (Lipinski definition) is 5. The fourth-order valence-corrected chi connectivity index (χ4v) is 5.73. The molecule has 1 aliphatic heterocycles. The van der Waals surface area contributed by atoms with Gasteiger partial charge in [-0.25, -0.2) is 8.42 Å². The minimum atomic E-state index is -3.05. The number of hydrogen-bond donors (Lipinski definition) is 1. The summed E-state index contributed by atoms with van der Waals surface area (Å²) in [5.41, 5.74) is 1.92. The molecule has 1 aliphatic rings. The van der Waals surface area contributed by atoms with E-state index in [0.29, 0.717) is 28.8 Å². The van der Waals surface area contributed by atoms with Gasteiger partial charge < -0.3 is 9.84 Å². The van der Waals surface area contributed by atoms with E-state index in [9.17, 15) is 13.5 Å². The zero-order valence-corrected chi connectivity index (χ0v) is 18.6. The van der Waals surface area contributed by atoms with E-state index < -0.39 is 15.9 Å². The predicted octanol–water partition coefficient (Wildman–Crippen LogP) is 3.73. The number of aliphatic hydroxyl groups is 1. The highest BCUT2D eigenvalue weighted by Crippen LogP contribution is 2.26. The molecule has 1 fully saturated rings. The molecule has 2 unspecified atom stereocenters. The second-order valence-electron chi connectivity index (χ2n) is 7.50. The van der Waals surface area contributed by atoms with Gasteiger partial charge in [0.25, 0.3) is 0 Å². The Hall–Kier alpha value is -1.31. The second kappa shape index (κ2) is 9.67. The first kappa shape index (κ1) is 22.4. The lowest BCUT2D eigenvalue weighted by Gasteiger charge is -2.30. The quantitative estimate of drug-likeness (QED) is 0.653. The highest BCUT2D eigenvalue weighted by Gasteiger charge is 2.33. The summed E-state index contributed by atoms with van der Waals surface area (Å²) in [4.78, 5) is 1.98. The van der Waals surface area contributed by atoms with Crippen LogP contribution in [-0.4, -0.2) is 55.2 Å². The first-order valence-corrected chi connectivity index (χ1v) is 12.1. The normalized spacial score (nSPS) is 19.4. The monoisotopic (exact) mass is 457 g/mol. The van der Waals surface area contributed by atoms with Gasteiger partial charge in [-0.05, 0) is 48.7 Å². The lowest BCUT2D eigenvalue weighted by Crippen LogP contribution is -2.42. The van der Waals surface area contributed by atoms with Gasteiger partial charge in [-0.15, -0.1) is 0 Å². The van der Waals surface area contributed by atoms with E-state index in [2.05, 4.69) is 0 Å². The average Bonchev–Trinajstić information content (AvgIpc) is 3.01. The zero-order chi connectivity index (χ0) is 21.0. The van der Waals surface area contributed by atoms with Crippen LogP contribution in [0, 0.1) is 6.92 Å². The molecule has 8 heteroatoms. The summed E-state index contributed by atoms with van der Waals surface area (Å²) < 4.78 is 29.7. The van der Waals surface area contributed by atoms with Gasteiger partial charge in [-0.2, -0.15) is 0 Å². The molecule has 2 aromatic rings. The van der Waals surface area contributed by atoms with Crippen LogP contribution in [0.3, 0.4) is 0 Å². The van der Waals surface area contributed by atoms with Crippen molar-refractivity contribution in [3.05, 3.63) is 63.6 Å². The van der Waals surface area contributed by atoms with Gasteiger partial charge in [0, 0.05) is 29.2 Å². The van der Waals surface area contributed by atoms with E-state index in [1.165, 1.54) is 0 Å². The van der Waals surface area contributed by atoms with Crippen molar-refractivity contribution >= 4 is 33.0 Å². The van der Waals surface area contributed by atoms with Crippen LogP contribution in [0.15, 0.2) is 42.5 Å². The average molecular weight is 458 g/mol. The maximum absolute atomic E-state index is 12.0. The molecule has 29 heavy (non-hydrogen) atoms. The Balaban J connectivity index is 1.68. The van der Waals surface area contributed by atoms with Crippen molar-refractivity contribution in [2.45, 2.75) is 32.0 Å². The molecule has 0 aliphatic carbocycles. The van der Waals surface area contributed by atoms with E-state index in [1.807, 2.05) is 42.2 Å². The molecular weight excluding hydrogens is 433 g/mol. The Morgan fingerprint density at radius 3 is 2.69 bits per heavy atom. The van der Waals surface area contributed by atoms with E-state index in [4.69, 9.17) is 27.9 Å². The lowest BCUT2D eigenvalue weighted by molar-refractivity contribution is 0.0524. The number of nitrogens with zero attached hydrogens (tertiary/aromatic N) is 1. The van der Waals surface area contributed by atoms with Crippen LogP contribution < -0.4 is 4.74 Å². The molecule has 0 saturated carbocycles. The van der Waals surface area contributed by atoms with Gasteiger partial charge in [0.2, 0.25) is 0 Å². The van der Waals surface area contributed by atoms with E-state index in [0.717, 1.165) is 11.1 Å². The number of aryl methyl sites for hydroxylation is 1. The SMILES string of the molecule is Cc1cccc(OCC(O)CN(Cc2ccc(Cl)cc2Cl)C2CCS(=O)(=O)C2)c1. The fourth-order valence-electron chi connectivity index (χ4n) is 3.50. The molecular formula is C21H25Cl2NO4S. The number of benzene rings is 2. The topological polar surface area (TPSA) is 66.8 Å². The van der Waals surface area contributed by atoms with Crippen LogP contribution in [0.2, 0.25) is 10.0 Å². The summed E-state index contributed by atoms with van der Waals surface area (Å²) in [6.45, 7) is 2.80. The van der Waals surface area contributed by atoms with Crippen molar-refractivity contribution in [2.24, 2.45) is 0 Å². The molecule has 2 aromatic carbocycles. The molecule has 1 heterocycles. The van der Waals surface area contributed by atoms with Crippen molar-refractivity contribution in [1.29, 1.82) is 0 Å². The van der Waals surface area contributed by atoms with Gasteiger partial charge in [0.15, 0.2) is 9.84 Å². The molecule has 0 spiro atoms. The fraction of sp³-hybridized carbons (Fsp3) is 0.429. The summed E-state index contributed by atoms with van der Waals surface area (Å²) in [6.07, 6.45) is -0.233. The third-order valence-electron chi connectivity index (χ3n) is 4.99. The summed E-state index contributed by atoms with van der Waals surface area (Å²) in [5, 5.41) is 11.6. The first-order chi connectivity index (χ1) is 13.7. The number of aliphatic hydroxyl groups excluding tert-OH is 1. The van der Waals surface area contributed by atoms with E-state index >= 15 is 0 Å². The third kappa shape index (κ3) is 6.59. The molecule has 5 nitrogen and oxygen atoms in total. The molecule has 0 radical (unpaired) electrons. The first-order valence-electron chi connectivity index (χ1n) is 9.48. The van der Waals surface area contributed by atoms with Gasteiger partial charge in [-0.1, -0.05) is 41.4 Å². The third-order valence-corrected chi connectivity index (χ3v) is 7.33. The van der Waals surface area contributed by atoms with E-state index in [1.54, 1.807) is 12.1 Å². The summed E-state index contributed by atoms with van der Waals surface area (Å²) in [7, 11) is -3.05. The van der Waals surface area contributed by atoms with Crippen molar-refractivity contribution in [3.63, 3.8) is 0 Å². The van der Waals surface area contributed by atoms with E-state index in [-0.39, 0.29) is 30.7 Å². The molecule has 0 bridgehead atoms.